The Labute approximate surface area is 96.6 Å². The van der Waals surface area contributed by atoms with Gasteiger partial charge in [-0.3, -0.25) is 4.79 Å². The van der Waals surface area contributed by atoms with E-state index in [1.54, 1.807) is 6.08 Å². The van der Waals surface area contributed by atoms with E-state index >= 15 is 0 Å². The molecule has 1 unspecified atom stereocenters. The fraction of sp³-hybridized carbons (Fsp3) is 0.750. The van der Waals surface area contributed by atoms with Crippen molar-refractivity contribution in [3.63, 3.8) is 0 Å². The Morgan fingerprint density at radius 2 is 2.31 bits per heavy atom. The summed E-state index contributed by atoms with van der Waals surface area (Å²) in [6.45, 7) is 1.45. The topological polar surface area (TPSA) is 44.8 Å². The van der Waals surface area contributed by atoms with Crippen molar-refractivity contribution in [1.82, 2.24) is 0 Å². The van der Waals surface area contributed by atoms with Crippen molar-refractivity contribution in [1.29, 1.82) is 0 Å². The highest BCUT2D eigenvalue weighted by atomic mass is 16.7. The van der Waals surface area contributed by atoms with Gasteiger partial charge in [-0.15, -0.1) is 0 Å². The smallest absolute Gasteiger partial charge is 0.309 e. The Morgan fingerprint density at radius 3 is 3.00 bits per heavy atom. The molecule has 1 aliphatic rings. The number of esters is 1. The molecule has 1 heterocycles. The first-order chi connectivity index (χ1) is 7.83. The Morgan fingerprint density at radius 1 is 1.44 bits per heavy atom. The zero-order chi connectivity index (χ0) is 11.6. The van der Waals surface area contributed by atoms with Gasteiger partial charge in [0.2, 0.25) is 0 Å². The van der Waals surface area contributed by atoms with Crippen molar-refractivity contribution >= 4 is 5.97 Å². The van der Waals surface area contributed by atoms with Crippen LogP contribution in [0.4, 0.5) is 0 Å². The number of methoxy groups -OCH3 is 1. The van der Waals surface area contributed by atoms with Crippen LogP contribution >= 0.6 is 0 Å². The fourth-order valence-electron chi connectivity index (χ4n) is 1.49. The van der Waals surface area contributed by atoms with Crippen LogP contribution in [0, 0.1) is 0 Å². The lowest BCUT2D eigenvalue weighted by Gasteiger charge is -2.22. The number of hydrogen-bond donors (Lipinski definition) is 0. The van der Waals surface area contributed by atoms with E-state index in [1.807, 2.05) is 6.08 Å². The predicted molar refractivity (Wildman–Crippen MR) is 59.9 cm³/mol. The molecule has 92 valence electrons. The summed E-state index contributed by atoms with van der Waals surface area (Å²) in [7, 11) is 1.39. The molecule has 0 bridgehead atoms. The van der Waals surface area contributed by atoms with Crippen LogP contribution in [-0.2, 0) is 19.0 Å². The molecule has 1 aliphatic heterocycles. The molecule has 1 fully saturated rings. The summed E-state index contributed by atoms with van der Waals surface area (Å²) in [5.41, 5.74) is 0. The van der Waals surface area contributed by atoms with Gasteiger partial charge in [-0.05, 0) is 25.7 Å². The molecule has 0 aromatic carbocycles. The second-order valence-corrected chi connectivity index (χ2v) is 3.71. The van der Waals surface area contributed by atoms with Crippen LogP contribution in [0.1, 0.15) is 32.1 Å². The molecule has 0 spiro atoms. The highest BCUT2D eigenvalue weighted by Crippen LogP contribution is 2.13. The minimum atomic E-state index is -0.215. The van der Waals surface area contributed by atoms with Crippen molar-refractivity contribution in [3.8, 4) is 0 Å². The third-order valence-electron chi connectivity index (χ3n) is 2.41. The van der Waals surface area contributed by atoms with E-state index in [0.29, 0.717) is 13.0 Å². The van der Waals surface area contributed by atoms with Crippen LogP contribution in [0.25, 0.3) is 0 Å². The maximum Gasteiger partial charge on any atom is 0.309 e. The van der Waals surface area contributed by atoms with Crippen LogP contribution in [-0.4, -0.2) is 32.6 Å². The minimum absolute atomic E-state index is 0.0252. The summed E-state index contributed by atoms with van der Waals surface area (Å²) in [5, 5.41) is 0. The molecule has 0 aromatic heterocycles. The Kier molecular flexibility index (Phi) is 6.85. The number of carbonyl (C=O) groups is 1. The van der Waals surface area contributed by atoms with Gasteiger partial charge in [0.25, 0.3) is 0 Å². The summed E-state index contributed by atoms with van der Waals surface area (Å²) >= 11 is 0. The standard InChI is InChI=1S/C12H20O4/c1-14-11(13)7-3-2-5-9-15-12-8-4-6-10-16-12/h2-3,12H,4-10H2,1H3/b3-2+. The maximum absolute atomic E-state index is 10.8. The van der Waals surface area contributed by atoms with E-state index < -0.39 is 0 Å². The number of rotatable bonds is 6. The van der Waals surface area contributed by atoms with Crippen molar-refractivity contribution in [3.05, 3.63) is 12.2 Å². The molecule has 16 heavy (non-hydrogen) atoms. The van der Waals surface area contributed by atoms with Gasteiger partial charge >= 0.3 is 5.97 Å². The molecule has 0 saturated carbocycles. The molecule has 4 heteroatoms. The SMILES string of the molecule is COC(=O)C/C=C/CCOC1CCCCO1. The van der Waals surface area contributed by atoms with Gasteiger partial charge < -0.3 is 14.2 Å². The summed E-state index contributed by atoms with van der Waals surface area (Å²) < 4.78 is 15.5. The van der Waals surface area contributed by atoms with E-state index in [-0.39, 0.29) is 12.3 Å². The van der Waals surface area contributed by atoms with Crippen LogP contribution in [0.15, 0.2) is 12.2 Å². The van der Waals surface area contributed by atoms with E-state index in [4.69, 9.17) is 9.47 Å². The molecule has 0 radical (unpaired) electrons. The molecule has 1 rings (SSSR count). The first-order valence-corrected chi connectivity index (χ1v) is 5.78. The van der Waals surface area contributed by atoms with Crippen molar-refractivity contribution in [2.45, 2.75) is 38.4 Å². The molecule has 0 N–H and O–H groups in total. The molecule has 0 aromatic rings. The Bertz CT molecular complexity index is 219. The lowest BCUT2D eigenvalue weighted by molar-refractivity contribution is -0.161. The second kappa shape index (κ2) is 8.30. The van der Waals surface area contributed by atoms with Crippen LogP contribution < -0.4 is 0 Å². The first kappa shape index (κ1) is 13.2. The summed E-state index contributed by atoms with van der Waals surface area (Å²) in [4.78, 5) is 10.8. The molecule has 1 atom stereocenters. The largest absolute Gasteiger partial charge is 0.469 e. The van der Waals surface area contributed by atoms with E-state index in [1.165, 1.54) is 13.5 Å². The van der Waals surface area contributed by atoms with E-state index in [9.17, 15) is 4.79 Å². The molecule has 0 aliphatic carbocycles. The third-order valence-corrected chi connectivity index (χ3v) is 2.41. The van der Waals surface area contributed by atoms with E-state index in [2.05, 4.69) is 4.74 Å². The molecule has 0 amide bonds. The van der Waals surface area contributed by atoms with Gasteiger partial charge in [0, 0.05) is 6.61 Å². The second-order valence-electron chi connectivity index (χ2n) is 3.71. The van der Waals surface area contributed by atoms with Gasteiger partial charge in [-0.1, -0.05) is 12.2 Å². The van der Waals surface area contributed by atoms with E-state index in [0.717, 1.165) is 25.9 Å². The van der Waals surface area contributed by atoms with Gasteiger partial charge in [-0.2, -0.15) is 0 Å². The number of hydrogen-bond acceptors (Lipinski definition) is 4. The highest BCUT2D eigenvalue weighted by molar-refractivity contribution is 5.70. The normalized spacial score (nSPS) is 21.2. The molecule has 4 nitrogen and oxygen atoms in total. The Hall–Kier alpha value is -0.870. The zero-order valence-electron chi connectivity index (χ0n) is 9.81. The lowest BCUT2D eigenvalue weighted by Crippen LogP contribution is -2.22. The third kappa shape index (κ3) is 5.88. The van der Waals surface area contributed by atoms with Gasteiger partial charge in [0.05, 0.1) is 20.1 Å². The summed E-state index contributed by atoms with van der Waals surface area (Å²) in [5.74, 6) is -0.215. The highest BCUT2D eigenvalue weighted by Gasteiger charge is 2.12. The molecule has 1 saturated heterocycles. The summed E-state index contributed by atoms with van der Waals surface area (Å²) in [6, 6.07) is 0. The monoisotopic (exact) mass is 228 g/mol. The Balaban J connectivity index is 1.96. The lowest BCUT2D eigenvalue weighted by atomic mass is 10.2. The van der Waals surface area contributed by atoms with Crippen molar-refractivity contribution in [2.24, 2.45) is 0 Å². The molecular weight excluding hydrogens is 208 g/mol. The fourth-order valence-corrected chi connectivity index (χ4v) is 1.49. The number of carbonyl (C=O) groups excluding carboxylic acids is 1. The first-order valence-electron chi connectivity index (χ1n) is 5.78. The van der Waals surface area contributed by atoms with Gasteiger partial charge in [-0.25, -0.2) is 0 Å². The number of ether oxygens (including phenoxy) is 3. The average Bonchev–Trinajstić information content (AvgIpc) is 2.34. The minimum Gasteiger partial charge on any atom is -0.469 e. The van der Waals surface area contributed by atoms with Gasteiger partial charge in [0.1, 0.15) is 0 Å². The van der Waals surface area contributed by atoms with Crippen LogP contribution in [0.3, 0.4) is 0 Å². The predicted octanol–water partition coefficient (Wildman–Crippen LogP) is 2.04. The zero-order valence-corrected chi connectivity index (χ0v) is 9.81. The van der Waals surface area contributed by atoms with Crippen molar-refractivity contribution < 1.29 is 19.0 Å². The summed E-state index contributed by atoms with van der Waals surface area (Å²) in [6.07, 6.45) is 8.15. The quantitative estimate of drug-likeness (QED) is 0.396. The van der Waals surface area contributed by atoms with Gasteiger partial charge in [0.15, 0.2) is 6.29 Å². The van der Waals surface area contributed by atoms with Crippen molar-refractivity contribution in [2.75, 3.05) is 20.3 Å². The van der Waals surface area contributed by atoms with Crippen LogP contribution in [0.5, 0.6) is 0 Å². The van der Waals surface area contributed by atoms with Crippen LogP contribution in [0.2, 0.25) is 0 Å². The maximum atomic E-state index is 10.8. The molecular formula is C12H20O4. The average molecular weight is 228 g/mol.